The zero-order valence-electron chi connectivity index (χ0n) is 18.5. The molecule has 4 heteroatoms. The summed E-state index contributed by atoms with van der Waals surface area (Å²) in [6.07, 6.45) is 1.85. The number of benzene rings is 3. The highest BCUT2D eigenvalue weighted by atomic mass is 32.2. The van der Waals surface area contributed by atoms with Crippen LogP contribution in [0.2, 0.25) is 0 Å². The highest BCUT2D eigenvalue weighted by Gasteiger charge is 2.20. The van der Waals surface area contributed by atoms with Crippen molar-refractivity contribution < 1.29 is 4.79 Å². The molecule has 0 saturated carbocycles. The van der Waals surface area contributed by atoms with Gasteiger partial charge in [-0.05, 0) is 75.4 Å². The summed E-state index contributed by atoms with van der Waals surface area (Å²) in [4.78, 5) is 20.1. The molecule has 1 heterocycles. The third-order valence-corrected chi connectivity index (χ3v) is 7.03. The van der Waals surface area contributed by atoms with Crippen molar-refractivity contribution in [1.29, 1.82) is 0 Å². The van der Waals surface area contributed by atoms with Crippen LogP contribution in [0.5, 0.6) is 0 Å². The fourth-order valence-electron chi connectivity index (χ4n) is 3.95. The topological polar surface area (TPSA) is 41.5 Å². The molecular weight excluding hydrogens is 400 g/mol. The highest BCUT2D eigenvalue weighted by molar-refractivity contribution is 7.99. The average Bonchev–Trinajstić information content (AvgIpc) is 2.91. The van der Waals surface area contributed by atoms with Gasteiger partial charge in [-0.15, -0.1) is 0 Å². The molecule has 3 nitrogen and oxygen atoms in total. The first-order chi connectivity index (χ1) is 14.9. The second-order valence-corrected chi connectivity index (χ2v) is 9.34. The van der Waals surface area contributed by atoms with Crippen molar-refractivity contribution in [2.24, 2.45) is 4.99 Å². The van der Waals surface area contributed by atoms with Crippen LogP contribution in [0.3, 0.4) is 0 Å². The van der Waals surface area contributed by atoms with Gasteiger partial charge < -0.3 is 5.32 Å². The third kappa shape index (κ3) is 4.75. The van der Waals surface area contributed by atoms with Crippen LogP contribution in [0.25, 0.3) is 0 Å². The second kappa shape index (κ2) is 9.11. The van der Waals surface area contributed by atoms with Crippen molar-refractivity contribution in [3.8, 4) is 0 Å². The predicted molar refractivity (Wildman–Crippen MR) is 130 cm³/mol. The summed E-state index contributed by atoms with van der Waals surface area (Å²) in [5, 5.41) is 3.14. The van der Waals surface area contributed by atoms with Gasteiger partial charge in [-0.1, -0.05) is 54.2 Å². The maximum Gasteiger partial charge on any atom is 0.251 e. The maximum absolute atomic E-state index is 12.9. The maximum atomic E-state index is 12.9. The molecule has 1 aliphatic rings. The Hall–Kier alpha value is -2.85. The zero-order valence-corrected chi connectivity index (χ0v) is 19.3. The average molecular weight is 429 g/mol. The van der Waals surface area contributed by atoms with Crippen LogP contribution in [0, 0.1) is 13.8 Å². The van der Waals surface area contributed by atoms with Crippen molar-refractivity contribution in [2.75, 3.05) is 0 Å². The molecule has 1 amide bonds. The molecule has 0 bridgehead atoms. The Balaban J connectivity index is 1.51. The molecule has 4 rings (SSSR count). The molecule has 3 aromatic rings. The summed E-state index contributed by atoms with van der Waals surface area (Å²) in [6.45, 7) is 8.38. The van der Waals surface area contributed by atoms with E-state index in [-0.39, 0.29) is 11.9 Å². The smallest absolute Gasteiger partial charge is 0.251 e. The zero-order chi connectivity index (χ0) is 22.0. The first-order valence-corrected chi connectivity index (χ1v) is 11.6. The first-order valence-electron chi connectivity index (χ1n) is 10.7. The lowest BCUT2D eigenvalue weighted by molar-refractivity contribution is 0.0938. The number of nitrogens with zero attached hydrogens (tertiary/aromatic N) is 1. The summed E-state index contributed by atoms with van der Waals surface area (Å²) in [7, 11) is 0. The Morgan fingerprint density at radius 3 is 2.52 bits per heavy atom. The first kappa shape index (κ1) is 21.4. The summed E-state index contributed by atoms with van der Waals surface area (Å²) < 4.78 is 0. The molecule has 3 aromatic carbocycles. The summed E-state index contributed by atoms with van der Waals surface area (Å²) in [6, 6.07) is 20.6. The summed E-state index contributed by atoms with van der Waals surface area (Å²) >= 11 is 1.74. The quantitative estimate of drug-likeness (QED) is 0.494. The van der Waals surface area contributed by atoms with Crippen molar-refractivity contribution in [2.45, 2.75) is 56.4 Å². The van der Waals surface area contributed by atoms with Crippen LogP contribution < -0.4 is 5.32 Å². The van der Waals surface area contributed by atoms with E-state index in [9.17, 15) is 4.79 Å². The number of nitrogens with one attached hydrogen (secondary N) is 1. The van der Waals surface area contributed by atoms with Crippen molar-refractivity contribution in [3.63, 3.8) is 0 Å². The molecule has 0 radical (unpaired) electrons. The Morgan fingerprint density at radius 2 is 1.74 bits per heavy atom. The molecular formula is C27H28N2OS. The largest absolute Gasteiger partial charge is 0.350 e. The lowest BCUT2D eigenvalue weighted by Gasteiger charge is -2.15. The highest BCUT2D eigenvalue weighted by Crippen LogP contribution is 2.43. The molecule has 158 valence electrons. The fourth-order valence-corrected chi connectivity index (χ4v) is 5.16. The molecule has 0 fully saturated rings. The minimum atomic E-state index is -0.0460. The van der Waals surface area contributed by atoms with E-state index in [4.69, 9.17) is 4.99 Å². The molecule has 0 spiro atoms. The van der Waals surface area contributed by atoms with Crippen LogP contribution >= 0.6 is 11.8 Å². The molecule has 0 aromatic heterocycles. The van der Waals surface area contributed by atoms with E-state index in [0.717, 1.165) is 29.1 Å². The van der Waals surface area contributed by atoms with Crippen LogP contribution in [0.1, 0.15) is 52.9 Å². The van der Waals surface area contributed by atoms with E-state index in [1.54, 1.807) is 11.8 Å². The van der Waals surface area contributed by atoms with E-state index in [0.29, 0.717) is 5.56 Å². The summed E-state index contributed by atoms with van der Waals surface area (Å²) in [5.74, 6) is -0.0460. The molecule has 31 heavy (non-hydrogen) atoms. The van der Waals surface area contributed by atoms with Crippen molar-refractivity contribution in [1.82, 2.24) is 5.32 Å². The van der Waals surface area contributed by atoms with Gasteiger partial charge in [-0.25, -0.2) is 0 Å². The number of aryl methyl sites for hydroxylation is 3. The Kier molecular flexibility index (Phi) is 6.28. The van der Waals surface area contributed by atoms with E-state index in [2.05, 4.69) is 69.4 Å². The standard InChI is InChI=1S/C27H28N2OS/c1-17-10-11-18(2)26-25(17)20(4)29-23-16-22(14-15-24(23)31-26)27(30)28-19(3)12-13-21-8-6-5-7-9-21/h5-11,14-16,19H,12-13H2,1-4H3,(H,28,30)/t19-/m1/s1. The van der Waals surface area contributed by atoms with Crippen LogP contribution in [0.15, 0.2) is 75.4 Å². The fraction of sp³-hybridized carbons (Fsp3) is 0.259. The Labute approximate surface area is 189 Å². The van der Waals surface area contributed by atoms with Gasteiger partial charge in [0.25, 0.3) is 5.91 Å². The molecule has 1 atom stereocenters. The number of carbonyl (C=O) groups excluding carboxylic acids is 1. The number of amides is 1. The van der Waals surface area contributed by atoms with E-state index in [1.165, 1.54) is 27.1 Å². The van der Waals surface area contributed by atoms with Crippen molar-refractivity contribution >= 4 is 29.1 Å². The van der Waals surface area contributed by atoms with Crippen LogP contribution in [-0.2, 0) is 6.42 Å². The van der Waals surface area contributed by atoms with E-state index >= 15 is 0 Å². The minimum Gasteiger partial charge on any atom is -0.350 e. The normalized spacial score (nSPS) is 13.5. The molecule has 1 aliphatic heterocycles. The van der Waals surface area contributed by atoms with Crippen molar-refractivity contribution in [3.05, 3.63) is 88.5 Å². The molecule has 0 saturated heterocycles. The lowest BCUT2D eigenvalue weighted by Crippen LogP contribution is -2.32. The lowest BCUT2D eigenvalue weighted by atomic mass is 10.0. The van der Waals surface area contributed by atoms with Gasteiger partial charge in [0.15, 0.2) is 0 Å². The van der Waals surface area contributed by atoms with Gasteiger partial charge in [-0.3, -0.25) is 9.79 Å². The van der Waals surface area contributed by atoms with Gasteiger partial charge >= 0.3 is 0 Å². The minimum absolute atomic E-state index is 0.0460. The van der Waals surface area contributed by atoms with Gasteiger partial charge in [0, 0.05) is 32.7 Å². The van der Waals surface area contributed by atoms with Crippen LogP contribution in [-0.4, -0.2) is 17.7 Å². The molecule has 0 aliphatic carbocycles. The Morgan fingerprint density at radius 1 is 1.00 bits per heavy atom. The molecule has 1 N–H and O–H groups in total. The SMILES string of the molecule is CC1=Nc2cc(C(=O)N[C@H](C)CCc3ccccc3)ccc2Sc2c(C)ccc(C)c21. The van der Waals surface area contributed by atoms with E-state index in [1.807, 2.05) is 24.3 Å². The van der Waals surface area contributed by atoms with Gasteiger partial charge in [0.05, 0.1) is 5.69 Å². The number of fused-ring (bicyclic) bond motifs is 2. The molecule has 0 unspecified atom stereocenters. The predicted octanol–water partition coefficient (Wildman–Crippen LogP) is 6.66. The number of hydrogen-bond donors (Lipinski definition) is 1. The number of carbonyl (C=O) groups is 1. The monoisotopic (exact) mass is 428 g/mol. The van der Waals surface area contributed by atoms with Gasteiger partial charge in [-0.2, -0.15) is 0 Å². The van der Waals surface area contributed by atoms with Gasteiger partial charge in [0.1, 0.15) is 0 Å². The third-order valence-electron chi connectivity index (χ3n) is 5.73. The summed E-state index contributed by atoms with van der Waals surface area (Å²) in [5.41, 5.74) is 7.50. The number of aliphatic imine (C=N–C) groups is 1. The van der Waals surface area contributed by atoms with Gasteiger partial charge in [0.2, 0.25) is 0 Å². The number of hydrogen-bond acceptors (Lipinski definition) is 3. The second-order valence-electron chi connectivity index (χ2n) is 8.28. The van der Waals surface area contributed by atoms with E-state index < -0.39 is 0 Å². The number of rotatable bonds is 5. The van der Waals surface area contributed by atoms with Crippen LogP contribution in [0.4, 0.5) is 5.69 Å². The Bertz CT molecular complexity index is 1150.